The van der Waals surface area contributed by atoms with Gasteiger partial charge in [0.2, 0.25) is 0 Å². The molecule has 2 aromatic carbocycles. The zero-order valence-electron chi connectivity index (χ0n) is 15.2. The molecule has 0 aliphatic heterocycles. The van der Waals surface area contributed by atoms with Crippen LogP contribution >= 0.6 is 0 Å². The van der Waals surface area contributed by atoms with E-state index in [0.717, 1.165) is 36.2 Å². The van der Waals surface area contributed by atoms with Crippen LogP contribution in [0.5, 0.6) is 0 Å². The Labute approximate surface area is 141 Å². The number of nitrogens with two attached hydrogens (primary N) is 2. The highest BCUT2D eigenvalue weighted by Gasteiger charge is 2.10. The third-order valence-electron chi connectivity index (χ3n) is 3.75. The molecule has 2 rings (SSSR count). The molecule has 0 radical (unpaired) electrons. The van der Waals surface area contributed by atoms with Crippen LogP contribution in [0, 0.1) is 6.92 Å². The molecule has 0 spiro atoms. The first-order chi connectivity index (χ1) is 10.0. The van der Waals surface area contributed by atoms with Crippen LogP contribution in [0.4, 0.5) is 11.4 Å². The Morgan fingerprint density at radius 1 is 0.739 bits per heavy atom. The summed E-state index contributed by atoms with van der Waals surface area (Å²) in [6.07, 6.45) is 2.87. The van der Waals surface area contributed by atoms with E-state index in [1.165, 1.54) is 16.7 Å². The van der Waals surface area contributed by atoms with Gasteiger partial charge in [0, 0.05) is 11.4 Å². The standard InChI is InChI=1S/C12H20N2.C7H8.2H3N/c1-4-8-7-9(5-2)12(14)10(6-3)11(8)13;1-7-5-3-2-4-6-7;;/h7H,4-6,13-14H2,1-3H3;2-6H,1H3;2*1H3. The average molecular weight is 319 g/mol. The van der Waals surface area contributed by atoms with Crippen molar-refractivity contribution in [1.29, 1.82) is 0 Å². The van der Waals surface area contributed by atoms with Crippen LogP contribution in [0.3, 0.4) is 0 Å². The lowest BCUT2D eigenvalue weighted by atomic mass is 9.96. The van der Waals surface area contributed by atoms with Crippen molar-refractivity contribution in [3.05, 3.63) is 58.7 Å². The molecule has 23 heavy (non-hydrogen) atoms. The summed E-state index contributed by atoms with van der Waals surface area (Å²) in [5, 5.41) is 0. The van der Waals surface area contributed by atoms with Crippen molar-refractivity contribution in [2.24, 2.45) is 0 Å². The Balaban J connectivity index is 0. The summed E-state index contributed by atoms with van der Waals surface area (Å²) in [6, 6.07) is 12.4. The molecule has 0 amide bonds. The van der Waals surface area contributed by atoms with Crippen LogP contribution < -0.4 is 23.8 Å². The molecular weight excluding hydrogens is 284 g/mol. The predicted molar refractivity (Wildman–Crippen MR) is 105 cm³/mol. The van der Waals surface area contributed by atoms with Gasteiger partial charge in [-0.3, -0.25) is 0 Å². The van der Waals surface area contributed by atoms with E-state index < -0.39 is 0 Å². The molecule has 4 nitrogen and oxygen atoms in total. The highest BCUT2D eigenvalue weighted by molar-refractivity contribution is 5.69. The van der Waals surface area contributed by atoms with Crippen LogP contribution in [-0.2, 0) is 19.3 Å². The minimum Gasteiger partial charge on any atom is -0.398 e. The van der Waals surface area contributed by atoms with Gasteiger partial charge in [0.05, 0.1) is 0 Å². The van der Waals surface area contributed by atoms with Gasteiger partial charge in [-0.05, 0) is 42.9 Å². The Hall–Kier alpha value is -2.04. The molecule has 0 saturated heterocycles. The summed E-state index contributed by atoms with van der Waals surface area (Å²) in [6.45, 7) is 8.43. The molecule has 0 aromatic heterocycles. The van der Waals surface area contributed by atoms with E-state index in [1.54, 1.807) is 0 Å². The fraction of sp³-hybridized carbons (Fsp3) is 0.368. The molecule has 0 unspecified atom stereocenters. The van der Waals surface area contributed by atoms with E-state index in [1.807, 2.05) is 18.2 Å². The molecule has 130 valence electrons. The SMILES string of the molecule is CCc1cc(CC)c(N)c(CC)c1N.Cc1ccccc1.N.N. The summed E-state index contributed by atoms with van der Waals surface area (Å²) < 4.78 is 0. The molecule has 10 N–H and O–H groups in total. The first kappa shape index (κ1) is 23.2. The van der Waals surface area contributed by atoms with Crippen molar-refractivity contribution in [2.75, 3.05) is 11.5 Å². The smallest absolute Gasteiger partial charge is 0.0399 e. The van der Waals surface area contributed by atoms with Crippen LogP contribution in [-0.4, -0.2) is 0 Å². The van der Waals surface area contributed by atoms with E-state index in [2.05, 4.69) is 45.9 Å². The number of aryl methyl sites for hydroxylation is 3. The van der Waals surface area contributed by atoms with Crippen LogP contribution in [0.15, 0.2) is 36.4 Å². The molecule has 0 atom stereocenters. The highest BCUT2D eigenvalue weighted by Crippen LogP contribution is 2.29. The lowest BCUT2D eigenvalue weighted by molar-refractivity contribution is 1.05. The van der Waals surface area contributed by atoms with Gasteiger partial charge in [-0.25, -0.2) is 0 Å². The van der Waals surface area contributed by atoms with Crippen molar-refractivity contribution >= 4 is 11.4 Å². The van der Waals surface area contributed by atoms with E-state index in [0.29, 0.717) is 0 Å². The van der Waals surface area contributed by atoms with Crippen LogP contribution in [0.25, 0.3) is 0 Å². The number of hydrogen-bond acceptors (Lipinski definition) is 4. The quantitative estimate of drug-likeness (QED) is 0.603. The van der Waals surface area contributed by atoms with Gasteiger partial charge >= 0.3 is 0 Å². The van der Waals surface area contributed by atoms with Crippen molar-refractivity contribution < 1.29 is 0 Å². The van der Waals surface area contributed by atoms with Gasteiger partial charge in [-0.2, -0.15) is 0 Å². The normalized spacial score (nSPS) is 9.04. The average Bonchev–Trinajstić information content (AvgIpc) is 2.49. The number of benzene rings is 2. The summed E-state index contributed by atoms with van der Waals surface area (Å²) in [4.78, 5) is 0. The monoisotopic (exact) mass is 318 g/mol. The molecule has 0 aliphatic rings. The Kier molecular flexibility index (Phi) is 11.6. The third kappa shape index (κ3) is 6.30. The molecule has 0 aliphatic carbocycles. The minimum absolute atomic E-state index is 0. The number of hydrogen-bond donors (Lipinski definition) is 4. The maximum Gasteiger partial charge on any atom is 0.0399 e. The molecule has 2 aromatic rings. The number of rotatable bonds is 3. The molecule has 0 heterocycles. The second-order valence-electron chi connectivity index (χ2n) is 5.22. The first-order valence-electron chi connectivity index (χ1n) is 7.75. The zero-order chi connectivity index (χ0) is 15.8. The molecular formula is C19H34N4. The Bertz CT molecular complexity index is 537. The van der Waals surface area contributed by atoms with Gasteiger partial charge in [-0.15, -0.1) is 0 Å². The van der Waals surface area contributed by atoms with E-state index in [9.17, 15) is 0 Å². The Morgan fingerprint density at radius 3 is 1.43 bits per heavy atom. The van der Waals surface area contributed by atoms with Crippen molar-refractivity contribution in [3.63, 3.8) is 0 Å². The van der Waals surface area contributed by atoms with Gasteiger partial charge in [0.15, 0.2) is 0 Å². The second kappa shape index (κ2) is 11.5. The highest BCUT2D eigenvalue weighted by atomic mass is 14.6. The summed E-state index contributed by atoms with van der Waals surface area (Å²) in [7, 11) is 0. The summed E-state index contributed by atoms with van der Waals surface area (Å²) in [5.41, 5.74) is 18.8. The maximum atomic E-state index is 6.05. The van der Waals surface area contributed by atoms with Crippen molar-refractivity contribution in [2.45, 2.75) is 47.0 Å². The molecule has 0 saturated carbocycles. The fourth-order valence-electron chi connectivity index (χ4n) is 2.40. The number of anilines is 2. The summed E-state index contributed by atoms with van der Waals surface area (Å²) in [5.74, 6) is 0. The van der Waals surface area contributed by atoms with E-state index >= 15 is 0 Å². The topological polar surface area (TPSA) is 122 Å². The number of nitrogen functional groups attached to an aromatic ring is 2. The maximum absolute atomic E-state index is 6.05. The van der Waals surface area contributed by atoms with Crippen LogP contribution in [0.2, 0.25) is 0 Å². The van der Waals surface area contributed by atoms with Crippen molar-refractivity contribution in [1.82, 2.24) is 12.3 Å². The Morgan fingerprint density at radius 2 is 1.17 bits per heavy atom. The minimum atomic E-state index is 0. The second-order valence-corrected chi connectivity index (χ2v) is 5.22. The van der Waals surface area contributed by atoms with Crippen molar-refractivity contribution in [3.8, 4) is 0 Å². The fourth-order valence-corrected chi connectivity index (χ4v) is 2.40. The first-order valence-corrected chi connectivity index (χ1v) is 7.75. The van der Waals surface area contributed by atoms with E-state index in [4.69, 9.17) is 11.5 Å². The van der Waals surface area contributed by atoms with Gasteiger partial charge in [0.1, 0.15) is 0 Å². The largest absolute Gasteiger partial charge is 0.398 e. The predicted octanol–water partition coefficient (Wildman–Crippen LogP) is 4.86. The van der Waals surface area contributed by atoms with Gasteiger partial charge in [-0.1, -0.05) is 62.7 Å². The molecule has 0 fully saturated rings. The zero-order valence-corrected chi connectivity index (χ0v) is 15.2. The lowest BCUT2D eigenvalue weighted by Crippen LogP contribution is -2.06. The third-order valence-corrected chi connectivity index (χ3v) is 3.75. The van der Waals surface area contributed by atoms with Crippen LogP contribution in [0.1, 0.15) is 43.0 Å². The lowest BCUT2D eigenvalue weighted by Gasteiger charge is -2.15. The summed E-state index contributed by atoms with van der Waals surface area (Å²) >= 11 is 0. The van der Waals surface area contributed by atoms with Gasteiger partial charge in [0.25, 0.3) is 0 Å². The molecule has 0 bridgehead atoms. The molecule has 4 heteroatoms. The van der Waals surface area contributed by atoms with Gasteiger partial charge < -0.3 is 23.8 Å². The van der Waals surface area contributed by atoms with E-state index in [-0.39, 0.29) is 12.3 Å².